The van der Waals surface area contributed by atoms with Gasteiger partial charge in [0.15, 0.2) is 5.58 Å². The van der Waals surface area contributed by atoms with Crippen LogP contribution in [0.1, 0.15) is 11.5 Å². The molecule has 12 heteroatoms. The monoisotopic (exact) mass is 376 g/mol. The van der Waals surface area contributed by atoms with Gasteiger partial charge in [-0.1, -0.05) is 0 Å². The van der Waals surface area contributed by atoms with Crippen LogP contribution in [0.15, 0.2) is 34.1 Å². The third kappa shape index (κ3) is 3.64. The first-order valence-corrected chi connectivity index (χ1v) is 8.54. The Hall–Kier alpha value is -2.47. The zero-order valence-electron chi connectivity index (χ0n) is 12.4. The van der Waals surface area contributed by atoms with Crippen molar-refractivity contribution < 1.29 is 31.1 Å². The summed E-state index contributed by atoms with van der Waals surface area (Å²) < 4.78 is 68.0. The lowest BCUT2D eigenvalue weighted by atomic mass is 10.2. The summed E-state index contributed by atoms with van der Waals surface area (Å²) >= 11 is 0. The lowest BCUT2D eigenvalue weighted by Crippen LogP contribution is -2.12. The summed E-state index contributed by atoms with van der Waals surface area (Å²) in [5.74, 6) is -0.467. The summed E-state index contributed by atoms with van der Waals surface area (Å²) in [6.07, 6.45) is -3.37. The zero-order valence-corrected chi connectivity index (χ0v) is 13.3. The van der Waals surface area contributed by atoms with Gasteiger partial charge in [0.1, 0.15) is 18.4 Å². The number of aliphatic hydroxyl groups excluding tert-OH is 1. The van der Waals surface area contributed by atoms with Crippen molar-refractivity contribution in [2.75, 3.05) is 12.4 Å². The van der Waals surface area contributed by atoms with Gasteiger partial charge in [0.25, 0.3) is 5.16 Å². The lowest BCUT2D eigenvalue weighted by Gasteiger charge is -2.04. The Morgan fingerprint density at radius 3 is 2.72 bits per heavy atom. The second kappa shape index (κ2) is 6.11. The quantitative estimate of drug-likeness (QED) is 0.713. The fourth-order valence-corrected chi connectivity index (χ4v) is 2.93. The molecule has 3 aromatic rings. The van der Waals surface area contributed by atoms with Crippen molar-refractivity contribution in [1.82, 2.24) is 19.7 Å². The third-order valence-corrected chi connectivity index (χ3v) is 4.67. The molecule has 0 spiro atoms. The van der Waals surface area contributed by atoms with Gasteiger partial charge < -0.3 is 9.52 Å². The highest BCUT2D eigenvalue weighted by Crippen LogP contribution is 2.31. The number of aromatic nitrogens is 4. The summed E-state index contributed by atoms with van der Waals surface area (Å²) in [4.78, 5) is 7.58. The van der Waals surface area contributed by atoms with Crippen LogP contribution in [-0.4, -0.2) is 45.6 Å². The Morgan fingerprint density at radius 1 is 1.28 bits per heavy atom. The number of rotatable bonds is 5. The molecule has 1 N–H and O–H groups in total. The second-order valence-corrected chi connectivity index (χ2v) is 7.06. The van der Waals surface area contributed by atoms with Crippen LogP contribution >= 0.6 is 0 Å². The molecule has 0 aliphatic carbocycles. The number of alkyl halides is 3. The Balaban J connectivity index is 1.85. The van der Waals surface area contributed by atoms with E-state index in [0.29, 0.717) is 0 Å². The van der Waals surface area contributed by atoms with Crippen molar-refractivity contribution in [3.63, 3.8) is 0 Å². The minimum absolute atomic E-state index is 0.0260. The van der Waals surface area contributed by atoms with Crippen LogP contribution in [0.4, 0.5) is 13.2 Å². The summed E-state index contributed by atoms with van der Waals surface area (Å²) in [7, 11) is -3.80. The van der Waals surface area contributed by atoms with Gasteiger partial charge in [0.05, 0.1) is 17.9 Å². The molecule has 0 aliphatic rings. The van der Waals surface area contributed by atoms with Gasteiger partial charge in [-0.3, -0.25) is 0 Å². The molecule has 1 aromatic carbocycles. The smallest absolute Gasteiger partial charge is 0.416 e. The van der Waals surface area contributed by atoms with Crippen LogP contribution in [0.25, 0.3) is 11.1 Å². The van der Waals surface area contributed by atoms with Crippen molar-refractivity contribution in [1.29, 1.82) is 0 Å². The first-order chi connectivity index (χ1) is 11.7. The Bertz CT molecular complexity index is 1010. The number of oxazole rings is 1. The molecule has 0 saturated heterocycles. The number of fused-ring (bicyclic) bond motifs is 1. The number of sulfone groups is 1. The van der Waals surface area contributed by atoms with Crippen LogP contribution in [0.2, 0.25) is 0 Å². The first kappa shape index (κ1) is 17.4. The molecule has 25 heavy (non-hydrogen) atoms. The highest BCUT2D eigenvalue weighted by atomic mass is 32.2. The molecule has 2 aromatic heterocycles. The van der Waals surface area contributed by atoms with Gasteiger partial charge in [0.2, 0.25) is 15.7 Å². The zero-order chi connectivity index (χ0) is 18.2. The number of halogens is 3. The third-order valence-electron chi connectivity index (χ3n) is 3.21. The van der Waals surface area contributed by atoms with Gasteiger partial charge in [-0.05, 0) is 18.2 Å². The number of benzene rings is 1. The fourth-order valence-electron chi connectivity index (χ4n) is 2.07. The maximum absolute atomic E-state index is 12.7. The highest BCUT2D eigenvalue weighted by Gasteiger charge is 2.31. The SMILES string of the molecule is O=S(=O)(CCO)c1ncn(Cc2nc3cc(C(F)(F)F)ccc3o2)n1. The van der Waals surface area contributed by atoms with Crippen LogP contribution in [0, 0.1) is 0 Å². The molecule has 0 saturated carbocycles. The molecule has 0 aliphatic heterocycles. The number of nitrogens with zero attached hydrogens (tertiary/aromatic N) is 4. The van der Waals surface area contributed by atoms with E-state index in [-0.39, 0.29) is 23.5 Å². The minimum atomic E-state index is -4.49. The van der Waals surface area contributed by atoms with E-state index in [1.807, 2.05) is 0 Å². The molecule has 2 heterocycles. The summed E-state index contributed by atoms with van der Waals surface area (Å²) in [6, 6.07) is 2.90. The van der Waals surface area contributed by atoms with E-state index in [4.69, 9.17) is 9.52 Å². The molecular weight excluding hydrogens is 365 g/mol. The van der Waals surface area contributed by atoms with Crippen LogP contribution in [0.3, 0.4) is 0 Å². The molecule has 3 rings (SSSR count). The van der Waals surface area contributed by atoms with E-state index in [0.717, 1.165) is 29.2 Å². The van der Waals surface area contributed by atoms with Crippen molar-refractivity contribution in [3.8, 4) is 0 Å². The molecule has 0 amide bonds. The molecular formula is C13H11F3N4O4S. The highest BCUT2D eigenvalue weighted by molar-refractivity contribution is 7.91. The first-order valence-electron chi connectivity index (χ1n) is 6.89. The molecule has 134 valence electrons. The van der Waals surface area contributed by atoms with Crippen molar-refractivity contribution in [3.05, 3.63) is 36.0 Å². The van der Waals surface area contributed by atoms with Gasteiger partial charge >= 0.3 is 6.18 Å². The van der Waals surface area contributed by atoms with Crippen LogP contribution in [0.5, 0.6) is 0 Å². The van der Waals surface area contributed by atoms with E-state index >= 15 is 0 Å². The van der Waals surface area contributed by atoms with E-state index < -0.39 is 39.1 Å². The average molecular weight is 376 g/mol. The van der Waals surface area contributed by atoms with E-state index in [1.165, 1.54) is 0 Å². The summed E-state index contributed by atoms with van der Waals surface area (Å²) in [5.41, 5.74) is -0.660. The molecule has 0 radical (unpaired) electrons. The lowest BCUT2D eigenvalue weighted by molar-refractivity contribution is -0.137. The second-order valence-electron chi connectivity index (χ2n) is 5.06. The van der Waals surface area contributed by atoms with Gasteiger partial charge in [-0.15, -0.1) is 5.10 Å². The van der Waals surface area contributed by atoms with Crippen molar-refractivity contribution in [2.24, 2.45) is 0 Å². The predicted octanol–water partition coefficient (Wildman–Crippen LogP) is 1.25. The minimum Gasteiger partial charge on any atom is -0.439 e. The number of hydrogen-bond acceptors (Lipinski definition) is 7. The molecule has 0 atom stereocenters. The molecule has 0 bridgehead atoms. The number of aliphatic hydroxyl groups is 1. The van der Waals surface area contributed by atoms with Crippen molar-refractivity contribution >= 4 is 20.9 Å². The van der Waals surface area contributed by atoms with Crippen LogP contribution < -0.4 is 0 Å². The largest absolute Gasteiger partial charge is 0.439 e. The maximum Gasteiger partial charge on any atom is 0.416 e. The standard InChI is InChI=1S/C13H11F3N4O4S/c14-13(15,16)8-1-2-10-9(5-8)18-11(24-10)6-20-7-17-12(19-20)25(22,23)4-3-21/h1-2,5,7,21H,3-4,6H2. The molecule has 8 nitrogen and oxygen atoms in total. The van der Waals surface area contributed by atoms with E-state index in [1.54, 1.807) is 0 Å². The van der Waals surface area contributed by atoms with Crippen molar-refractivity contribution in [2.45, 2.75) is 17.9 Å². The fraction of sp³-hybridized carbons (Fsp3) is 0.308. The topological polar surface area (TPSA) is 111 Å². The van der Waals surface area contributed by atoms with Gasteiger partial charge in [-0.25, -0.2) is 23.1 Å². The Morgan fingerprint density at radius 2 is 2.04 bits per heavy atom. The summed E-state index contributed by atoms with van der Waals surface area (Å²) in [5, 5.41) is 12.0. The average Bonchev–Trinajstić information content (AvgIpc) is 3.12. The molecule has 0 fully saturated rings. The van der Waals surface area contributed by atoms with Gasteiger partial charge in [-0.2, -0.15) is 13.2 Å². The number of hydrogen-bond donors (Lipinski definition) is 1. The normalized spacial score (nSPS) is 12.8. The molecule has 0 unspecified atom stereocenters. The Labute approximate surface area is 138 Å². The maximum atomic E-state index is 12.7. The Kier molecular flexibility index (Phi) is 4.24. The van der Waals surface area contributed by atoms with Crippen LogP contribution in [-0.2, 0) is 22.6 Å². The van der Waals surface area contributed by atoms with Gasteiger partial charge in [0, 0.05) is 0 Å². The summed E-state index contributed by atoms with van der Waals surface area (Å²) in [6.45, 7) is -0.679. The van der Waals surface area contributed by atoms with E-state index in [2.05, 4.69) is 15.1 Å². The van der Waals surface area contributed by atoms with E-state index in [9.17, 15) is 21.6 Å². The predicted molar refractivity (Wildman–Crippen MR) is 77.3 cm³/mol.